The number of ether oxygens (including phenoxy) is 3. The predicted molar refractivity (Wildman–Crippen MR) is 167 cm³/mol. The van der Waals surface area contributed by atoms with Crippen molar-refractivity contribution in [2.75, 3.05) is 32.5 Å². The molecule has 11 nitrogen and oxygen atoms in total. The summed E-state index contributed by atoms with van der Waals surface area (Å²) in [5.74, 6) is 1.22. The second-order valence-electron chi connectivity index (χ2n) is 10.9. The van der Waals surface area contributed by atoms with Gasteiger partial charge in [0.2, 0.25) is 0 Å². The molecule has 6 bridgehead atoms. The van der Waals surface area contributed by atoms with Crippen LogP contribution in [0.3, 0.4) is 0 Å². The number of nitrogens with two attached hydrogens (primary N) is 1. The molecular formula is C34H33N5O6. The number of nitrogen functional groups attached to an aromatic ring is 1. The van der Waals surface area contributed by atoms with Gasteiger partial charge in [0.1, 0.15) is 29.2 Å². The number of piperidine rings is 1. The molecule has 45 heavy (non-hydrogen) atoms. The molecule has 0 spiro atoms. The van der Waals surface area contributed by atoms with Crippen molar-refractivity contribution in [3.63, 3.8) is 0 Å². The van der Waals surface area contributed by atoms with Crippen molar-refractivity contribution in [2.24, 2.45) is 0 Å². The molecule has 0 aliphatic carbocycles. The van der Waals surface area contributed by atoms with Crippen molar-refractivity contribution >= 4 is 23.5 Å². The standard InChI is InChI=1S/C34H33N5O6/c1-43-29-11-7-23-16-27(29)22-3-2-4-26(15-22)44-20-32(40)37-17-21-5-9-25(10-6-21)45-30-13-14-39(19-28(30)38-33(23)41)34(42)24-8-12-31(35)36-18-24/h2-12,15-16,18,28,30H,13-14,17,19-20H2,1H3,(H2,35,36)(H,37,40)(H,38,41)/t28-,30-/m1/s1. The number of fused-ring (bicyclic) bond motifs is 7. The first-order valence-corrected chi connectivity index (χ1v) is 14.6. The lowest BCUT2D eigenvalue weighted by atomic mass is 9.98. The largest absolute Gasteiger partial charge is 0.496 e. The number of nitrogens with zero attached hydrogens (tertiary/aromatic N) is 2. The topological polar surface area (TPSA) is 145 Å². The Morgan fingerprint density at radius 3 is 2.62 bits per heavy atom. The van der Waals surface area contributed by atoms with Crippen molar-refractivity contribution in [3.05, 3.63) is 102 Å². The number of carbonyl (C=O) groups excluding carboxylic acids is 3. The van der Waals surface area contributed by atoms with Crippen LogP contribution in [0.4, 0.5) is 5.82 Å². The summed E-state index contributed by atoms with van der Waals surface area (Å²) in [5.41, 5.74) is 8.85. The molecule has 1 fully saturated rings. The third-order valence-corrected chi connectivity index (χ3v) is 7.86. The molecule has 4 aromatic rings. The summed E-state index contributed by atoms with van der Waals surface area (Å²) >= 11 is 0. The van der Waals surface area contributed by atoms with Gasteiger partial charge in [-0.05, 0) is 65.7 Å². The first-order valence-electron chi connectivity index (χ1n) is 14.6. The van der Waals surface area contributed by atoms with Gasteiger partial charge in [0.15, 0.2) is 6.61 Å². The van der Waals surface area contributed by atoms with Gasteiger partial charge in [0, 0.05) is 43.4 Å². The van der Waals surface area contributed by atoms with Gasteiger partial charge in [0.05, 0.1) is 18.7 Å². The van der Waals surface area contributed by atoms with E-state index in [0.717, 1.165) is 11.1 Å². The van der Waals surface area contributed by atoms with E-state index >= 15 is 0 Å². The third kappa shape index (κ3) is 6.82. The van der Waals surface area contributed by atoms with Gasteiger partial charge < -0.3 is 35.5 Å². The number of amides is 3. The third-order valence-electron chi connectivity index (χ3n) is 7.86. The summed E-state index contributed by atoms with van der Waals surface area (Å²) in [6.07, 6.45) is 1.53. The second kappa shape index (κ2) is 13.0. The van der Waals surface area contributed by atoms with E-state index in [4.69, 9.17) is 19.9 Å². The van der Waals surface area contributed by atoms with Gasteiger partial charge in [-0.1, -0.05) is 24.3 Å². The minimum absolute atomic E-state index is 0.151. The zero-order valence-corrected chi connectivity index (χ0v) is 24.7. The highest BCUT2D eigenvalue weighted by Gasteiger charge is 2.35. The van der Waals surface area contributed by atoms with Crippen molar-refractivity contribution in [2.45, 2.75) is 25.1 Å². The van der Waals surface area contributed by atoms with Crippen molar-refractivity contribution in [3.8, 4) is 28.4 Å². The number of pyridine rings is 1. The average molecular weight is 608 g/mol. The van der Waals surface area contributed by atoms with Gasteiger partial charge >= 0.3 is 0 Å². The number of hydrogen-bond donors (Lipinski definition) is 3. The molecule has 3 amide bonds. The Balaban J connectivity index is 1.33. The van der Waals surface area contributed by atoms with E-state index in [2.05, 4.69) is 15.6 Å². The van der Waals surface area contributed by atoms with Crippen LogP contribution in [0.25, 0.3) is 11.1 Å². The minimum Gasteiger partial charge on any atom is -0.496 e. The van der Waals surface area contributed by atoms with Crippen LogP contribution >= 0.6 is 0 Å². The summed E-state index contributed by atoms with van der Waals surface area (Å²) in [7, 11) is 1.56. The SMILES string of the molecule is COc1ccc2cc1-c1cccc(c1)OCC(=O)NCc1ccc(cc1)O[C@@H]1CCN(C(=O)c3ccc(N)nc3)C[C@H]1NC2=O. The summed E-state index contributed by atoms with van der Waals surface area (Å²) in [6, 6.07) is 22.5. The van der Waals surface area contributed by atoms with Gasteiger partial charge in [-0.3, -0.25) is 14.4 Å². The van der Waals surface area contributed by atoms with Crippen molar-refractivity contribution in [1.29, 1.82) is 0 Å². The maximum Gasteiger partial charge on any atom is 0.258 e. The Hall–Kier alpha value is -5.58. The second-order valence-corrected chi connectivity index (χ2v) is 10.9. The fourth-order valence-corrected chi connectivity index (χ4v) is 5.45. The van der Waals surface area contributed by atoms with Crippen LogP contribution in [-0.2, 0) is 11.3 Å². The van der Waals surface area contributed by atoms with Crippen LogP contribution in [0.5, 0.6) is 17.2 Å². The lowest BCUT2D eigenvalue weighted by Gasteiger charge is -2.39. The van der Waals surface area contributed by atoms with Crippen LogP contribution in [-0.4, -0.2) is 66.6 Å². The van der Waals surface area contributed by atoms with Crippen LogP contribution in [0, 0.1) is 0 Å². The molecule has 4 heterocycles. The Kier molecular flexibility index (Phi) is 8.50. The van der Waals surface area contributed by atoms with E-state index in [-0.39, 0.29) is 30.9 Å². The lowest BCUT2D eigenvalue weighted by molar-refractivity contribution is -0.123. The summed E-state index contributed by atoms with van der Waals surface area (Å²) < 4.78 is 17.8. The average Bonchev–Trinajstić information content (AvgIpc) is 3.07. The van der Waals surface area contributed by atoms with Gasteiger partial charge in [-0.15, -0.1) is 0 Å². The highest BCUT2D eigenvalue weighted by atomic mass is 16.5. The van der Waals surface area contributed by atoms with E-state index in [1.807, 2.05) is 36.4 Å². The molecular weight excluding hydrogens is 574 g/mol. The molecule has 0 saturated carbocycles. The number of hydrogen-bond acceptors (Lipinski definition) is 8. The summed E-state index contributed by atoms with van der Waals surface area (Å²) in [6.45, 7) is 0.828. The minimum atomic E-state index is -0.524. The smallest absolute Gasteiger partial charge is 0.258 e. The maximum absolute atomic E-state index is 13.8. The zero-order valence-electron chi connectivity index (χ0n) is 24.7. The van der Waals surface area contributed by atoms with E-state index in [0.29, 0.717) is 59.3 Å². The fourth-order valence-electron chi connectivity index (χ4n) is 5.45. The zero-order chi connectivity index (χ0) is 31.3. The number of likely N-dealkylation sites (tertiary alicyclic amines) is 1. The van der Waals surface area contributed by atoms with Crippen LogP contribution in [0.2, 0.25) is 0 Å². The number of nitrogens with one attached hydrogen (secondary N) is 2. The van der Waals surface area contributed by atoms with Crippen LogP contribution in [0.1, 0.15) is 32.7 Å². The van der Waals surface area contributed by atoms with Gasteiger partial charge in [0.25, 0.3) is 17.7 Å². The summed E-state index contributed by atoms with van der Waals surface area (Å²) in [4.78, 5) is 45.4. The molecule has 0 radical (unpaired) electrons. The fraction of sp³-hybridized carbons (Fsp3) is 0.235. The molecule has 1 saturated heterocycles. The Labute approximate surface area is 260 Å². The summed E-state index contributed by atoms with van der Waals surface area (Å²) in [5, 5.41) is 6.00. The predicted octanol–water partition coefficient (Wildman–Crippen LogP) is 3.44. The van der Waals surface area contributed by atoms with E-state index in [9.17, 15) is 14.4 Å². The van der Waals surface area contributed by atoms with Gasteiger partial charge in [-0.2, -0.15) is 0 Å². The Morgan fingerprint density at radius 2 is 1.84 bits per heavy atom. The van der Waals surface area contributed by atoms with Crippen LogP contribution in [0.15, 0.2) is 85.1 Å². The number of methoxy groups -OCH3 is 1. The molecule has 0 unspecified atom stereocenters. The molecule has 7 rings (SSSR count). The molecule has 11 heteroatoms. The normalized spacial score (nSPS) is 18.4. The Morgan fingerprint density at radius 1 is 1.00 bits per heavy atom. The van der Waals surface area contributed by atoms with E-state index in [1.54, 1.807) is 54.5 Å². The molecule has 3 aliphatic heterocycles. The number of carbonyl (C=O) groups is 3. The molecule has 1 aromatic heterocycles. The molecule has 230 valence electrons. The molecule has 2 atom stereocenters. The monoisotopic (exact) mass is 607 g/mol. The van der Waals surface area contributed by atoms with Crippen LogP contribution < -0.4 is 30.6 Å². The number of aromatic nitrogens is 1. The molecule has 3 aliphatic rings. The molecule has 4 N–H and O–H groups in total. The van der Waals surface area contributed by atoms with E-state index < -0.39 is 12.1 Å². The quantitative estimate of drug-likeness (QED) is 0.314. The van der Waals surface area contributed by atoms with Crippen molar-refractivity contribution < 1.29 is 28.6 Å². The van der Waals surface area contributed by atoms with Gasteiger partial charge in [-0.25, -0.2) is 4.98 Å². The first-order chi connectivity index (χ1) is 21.9. The number of anilines is 1. The highest BCUT2D eigenvalue weighted by molar-refractivity contribution is 5.97. The Bertz CT molecular complexity index is 1710. The lowest BCUT2D eigenvalue weighted by Crippen LogP contribution is -2.58. The van der Waals surface area contributed by atoms with E-state index in [1.165, 1.54) is 6.20 Å². The number of benzene rings is 3. The first kappa shape index (κ1) is 29.5. The highest BCUT2D eigenvalue weighted by Crippen LogP contribution is 2.33. The molecule has 3 aromatic carbocycles. The number of rotatable bonds is 2. The maximum atomic E-state index is 13.8. The van der Waals surface area contributed by atoms with Crippen molar-refractivity contribution in [1.82, 2.24) is 20.5 Å².